The summed E-state index contributed by atoms with van der Waals surface area (Å²) in [7, 11) is 1.98. The van der Waals surface area contributed by atoms with Crippen LogP contribution in [0.3, 0.4) is 0 Å². The van der Waals surface area contributed by atoms with Gasteiger partial charge in [0.15, 0.2) is 5.78 Å². The second-order valence-corrected chi connectivity index (χ2v) is 2.99. The zero-order chi connectivity index (χ0) is 8.27. The van der Waals surface area contributed by atoms with Crippen molar-refractivity contribution >= 4 is 35.0 Å². The van der Waals surface area contributed by atoms with E-state index in [1.807, 2.05) is 32.1 Å². The maximum Gasteiger partial charge on any atom is 0.173 e. The highest BCUT2D eigenvalue weighted by Crippen LogP contribution is 1.99. The molecule has 0 atom stereocenters. The number of carbonyl (C=O) groups excluding carboxylic acids is 1. The second-order valence-electron chi connectivity index (χ2n) is 2.43. The Balaban J connectivity index is 2.96. The Kier molecular flexibility index (Phi) is 2.88. The maximum atomic E-state index is 11.1. The van der Waals surface area contributed by atoms with E-state index in [2.05, 4.69) is 15.9 Å². The second kappa shape index (κ2) is 3.72. The summed E-state index contributed by atoms with van der Waals surface area (Å²) in [5.74, 6) is 0.133. The molecule has 0 aromatic heterocycles. The van der Waals surface area contributed by atoms with Gasteiger partial charge in [0.05, 0.1) is 5.33 Å². The lowest BCUT2D eigenvalue weighted by Gasteiger charge is -1.97. The highest BCUT2D eigenvalue weighted by molar-refractivity contribution is 9.09. The monoisotopic (exact) mass is 210 g/mol. The fourth-order valence-corrected chi connectivity index (χ4v) is 1.22. The molecule has 1 aromatic rings. The lowest BCUT2D eigenvalue weighted by Crippen LogP contribution is -2.07. The van der Waals surface area contributed by atoms with Crippen LogP contribution < -0.4 is 5.46 Å². The molecule has 0 aliphatic rings. The number of halogens is 1. The SMILES string of the molecule is Bc1cccc(C(=O)CBr)c1. The van der Waals surface area contributed by atoms with Crippen LogP contribution in [0.25, 0.3) is 0 Å². The van der Waals surface area contributed by atoms with Crippen LogP contribution in [0.2, 0.25) is 0 Å². The van der Waals surface area contributed by atoms with Crippen LogP contribution in [0.5, 0.6) is 0 Å². The Morgan fingerprint density at radius 3 is 2.82 bits per heavy atom. The average molecular weight is 211 g/mol. The van der Waals surface area contributed by atoms with Crippen molar-refractivity contribution in [3.8, 4) is 0 Å². The normalized spacial score (nSPS) is 9.55. The predicted octanol–water partition coefficient (Wildman–Crippen LogP) is 0.523. The Hall–Kier alpha value is -0.565. The summed E-state index contributed by atoms with van der Waals surface area (Å²) in [6.45, 7) is 0. The standard InChI is InChI=1S/C8H8BBrO/c9-7-3-1-2-6(4-7)8(11)5-10/h1-4H,5,9H2. The largest absolute Gasteiger partial charge is 0.293 e. The van der Waals surface area contributed by atoms with Crippen LogP contribution in [0.15, 0.2) is 24.3 Å². The van der Waals surface area contributed by atoms with Crippen LogP contribution in [0, 0.1) is 0 Å². The molecule has 1 aromatic carbocycles. The molecular formula is C8H8BBrO. The fourth-order valence-electron chi connectivity index (χ4n) is 0.896. The van der Waals surface area contributed by atoms with Crippen molar-refractivity contribution in [3.05, 3.63) is 29.8 Å². The molecule has 0 saturated heterocycles. The summed E-state index contributed by atoms with van der Waals surface area (Å²) < 4.78 is 0. The van der Waals surface area contributed by atoms with E-state index in [9.17, 15) is 4.79 Å². The molecule has 0 saturated carbocycles. The topological polar surface area (TPSA) is 17.1 Å². The van der Waals surface area contributed by atoms with Gasteiger partial charge in [-0.2, -0.15) is 0 Å². The molecule has 3 heteroatoms. The van der Waals surface area contributed by atoms with Crippen LogP contribution in [0.1, 0.15) is 10.4 Å². The van der Waals surface area contributed by atoms with Gasteiger partial charge in [0.25, 0.3) is 0 Å². The molecule has 0 bridgehead atoms. The summed E-state index contributed by atoms with van der Waals surface area (Å²) in [5, 5.41) is 0.399. The summed E-state index contributed by atoms with van der Waals surface area (Å²) in [5.41, 5.74) is 1.90. The average Bonchev–Trinajstić information content (AvgIpc) is 2.03. The van der Waals surface area contributed by atoms with Crippen molar-refractivity contribution in [2.45, 2.75) is 0 Å². The van der Waals surface area contributed by atoms with Gasteiger partial charge in [-0.3, -0.25) is 4.79 Å². The summed E-state index contributed by atoms with van der Waals surface area (Å²) >= 11 is 3.13. The van der Waals surface area contributed by atoms with Crippen molar-refractivity contribution in [2.24, 2.45) is 0 Å². The predicted molar refractivity (Wildman–Crippen MR) is 52.7 cm³/mol. The van der Waals surface area contributed by atoms with Crippen LogP contribution in [-0.2, 0) is 0 Å². The van der Waals surface area contributed by atoms with Crippen molar-refractivity contribution < 1.29 is 4.79 Å². The van der Waals surface area contributed by atoms with E-state index >= 15 is 0 Å². The first kappa shape index (κ1) is 8.53. The molecular weight excluding hydrogens is 203 g/mol. The summed E-state index contributed by atoms with van der Waals surface area (Å²) in [6, 6.07) is 7.59. The highest BCUT2D eigenvalue weighted by Gasteiger charge is 2.01. The number of rotatable bonds is 2. The number of benzene rings is 1. The van der Waals surface area contributed by atoms with E-state index in [1.165, 1.54) is 0 Å². The molecule has 1 rings (SSSR count). The molecule has 0 aliphatic carbocycles. The Morgan fingerprint density at radius 1 is 1.55 bits per heavy atom. The van der Waals surface area contributed by atoms with E-state index < -0.39 is 0 Å². The van der Waals surface area contributed by atoms with E-state index in [4.69, 9.17) is 0 Å². The van der Waals surface area contributed by atoms with Gasteiger partial charge < -0.3 is 0 Å². The van der Waals surface area contributed by atoms with E-state index in [-0.39, 0.29) is 5.78 Å². The fraction of sp³-hybridized carbons (Fsp3) is 0.125. The third-order valence-electron chi connectivity index (χ3n) is 1.46. The lowest BCUT2D eigenvalue weighted by atomic mass is 9.94. The van der Waals surface area contributed by atoms with Crippen LogP contribution in [0.4, 0.5) is 0 Å². The van der Waals surface area contributed by atoms with Gasteiger partial charge in [-0.05, 0) is 0 Å². The smallest absolute Gasteiger partial charge is 0.173 e. The number of carbonyl (C=O) groups is 1. The molecule has 0 amide bonds. The number of Topliss-reactive ketones (excluding diaryl/α,β-unsaturated/α-hetero) is 1. The van der Waals surface area contributed by atoms with Gasteiger partial charge in [0, 0.05) is 5.56 Å². The van der Waals surface area contributed by atoms with Gasteiger partial charge in [0.1, 0.15) is 7.85 Å². The van der Waals surface area contributed by atoms with Crippen LogP contribution in [-0.4, -0.2) is 19.0 Å². The van der Waals surface area contributed by atoms with Crippen molar-refractivity contribution in [1.29, 1.82) is 0 Å². The van der Waals surface area contributed by atoms with E-state index in [0.717, 1.165) is 11.0 Å². The molecule has 0 fully saturated rings. The zero-order valence-corrected chi connectivity index (χ0v) is 7.89. The number of hydrogen-bond acceptors (Lipinski definition) is 1. The molecule has 11 heavy (non-hydrogen) atoms. The molecule has 0 unspecified atom stereocenters. The number of alkyl halides is 1. The Morgan fingerprint density at radius 2 is 2.27 bits per heavy atom. The molecule has 0 heterocycles. The first-order valence-electron chi connectivity index (χ1n) is 3.40. The minimum Gasteiger partial charge on any atom is -0.293 e. The highest BCUT2D eigenvalue weighted by atomic mass is 79.9. The van der Waals surface area contributed by atoms with Gasteiger partial charge in [-0.1, -0.05) is 45.7 Å². The molecule has 0 N–H and O–H groups in total. The molecule has 1 nitrogen and oxygen atoms in total. The first-order chi connectivity index (χ1) is 5.24. The Bertz CT molecular complexity index is 273. The van der Waals surface area contributed by atoms with Gasteiger partial charge >= 0.3 is 0 Å². The van der Waals surface area contributed by atoms with Crippen LogP contribution >= 0.6 is 15.9 Å². The van der Waals surface area contributed by atoms with Gasteiger partial charge in [-0.25, -0.2) is 0 Å². The zero-order valence-electron chi connectivity index (χ0n) is 6.30. The minimum atomic E-state index is 0.133. The third kappa shape index (κ3) is 2.19. The van der Waals surface area contributed by atoms with Gasteiger partial charge in [0.2, 0.25) is 0 Å². The molecule has 0 aliphatic heterocycles. The van der Waals surface area contributed by atoms with E-state index in [1.54, 1.807) is 0 Å². The van der Waals surface area contributed by atoms with Crippen molar-refractivity contribution in [2.75, 3.05) is 5.33 Å². The van der Waals surface area contributed by atoms with E-state index in [0.29, 0.717) is 5.33 Å². The molecule has 0 radical (unpaired) electrons. The Labute approximate surface area is 75.3 Å². The van der Waals surface area contributed by atoms with Crippen molar-refractivity contribution in [3.63, 3.8) is 0 Å². The summed E-state index contributed by atoms with van der Waals surface area (Å²) in [4.78, 5) is 11.1. The first-order valence-corrected chi connectivity index (χ1v) is 4.52. The molecule has 0 spiro atoms. The van der Waals surface area contributed by atoms with Crippen molar-refractivity contribution in [1.82, 2.24) is 0 Å². The van der Waals surface area contributed by atoms with Gasteiger partial charge in [-0.15, -0.1) is 0 Å². The molecule has 56 valence electrons. The minimum absolute atomic E-state index is 0.133. The number of hydrogen-bond donors (Lipinski definition) is 0. The maximum absolute atomic E-state index is 11.1. The third-order valence-corrected chi connectivity index (χ3v) is 1.97. The lowest BCUT2D eigenvalue weighted by molar-refractivity contribution is 0.102. The quantitative estimate of drug-likeness (QED) is 0.396. The summed E-state index contributed by atoms with van der Waals surface area (Å²) in [6.07, 6.45) is 0. The number of ketones is 1.